The molecule has 1 N–H and O–H groups in total. The largest absolute Gasteiger partial charge is 0.355 e. The molecule has 0 aliphatic heterocycles. The van der Waals surface area contributed by atoms with Crippen LogP contribution in [0.15, 0.2) is 67.1 Å². The lowest BCUT2D eigenvalue weighted by Crippen LogP contribution is -2.29. The van der Waals surface area contributed by atoms with Crippen molar-refractivity contribution in [3.05, 3.63) is 83.9 Å². The summed E-state index contributed by atoms with van der Waals surface area (Å²) in [6, 6.07) is 16.6. The highest BCUT2D eigenvalue weighted by atomic mass is 16.2. The van der Waals surface area contributed by atoms with Crippen molar-refractivity contribution in [2.45, 2.75) is 6.42 Å². The monoisotopic (exact) mass is 357 g/mol. The van der Waals surface area contributed by atoms with E-state index in [-0.39, 0.29) is 5.91 Å². The van der Waals surface area contributed by atoms with E-state index in [0.717, 1.165) is 23.4 Å². The first-order valence-corrected chi connectivity index (χ1v) is 8.53. The van der Waals surface area contributed by atoms with E-state index in [1.54, 1.807) is 54.8 Å². The van der Waals surface area contributed by atoms with E-state index >= 15 is 0 Å². The van der Waals surface area contributed by atoms with Gasteiger partial charge in [0.1, 0.15) is 5.69 Å². The summed E-state index contributed by atoms with van der Waals surface area (Å²) in [5.41, 5.74) is 3.71. The molecule has 0 spiro atoms. The Morgan fingerprint density at radius 3 is 2.52 bits per heavy atom. The van der Waals surface area contributed by atoms with Crippen LogP contribution < -0.4 is 5.32 Å². The van der Waals surface area contributed by atoms with Gasteiger partial charge in [0.15, 0.2) is 0 Å². The van der Waals surface area contributed by atoms with Crippen LogP contribution in [0.25, 0.3) is 0 Å². The van der Waals surface area contributed by atoms with Crippen LogP contribution in [-0.2, 0) is 6.42 Å². The van der Waals surface area contributed by atoms with Gasteiger partial charge in [0.05, 0.1) is 11.6 Å². The Labute approximate surface area is 158 Å². The molecule has 2 aromatic heterocycles. The number of likely N-dealkylation sites (N-methyl/N-ethyl adjacent to an activating group) is 1. The summed E-state index contributed by atoms with van der Waals surface area (Å²) >= 11 is 0. The maximum Gasteiger partial charge on any atom is 0.272 e. The normalized spacial score (nSPS) is 10.1. The molecule has 0 radical (unpaired) electrons. The number of carbonyl (C=O) groups is 1. The molecule has 6 nitrogen and oxygen atoms in total. The number of amides is 1. The van der Waals surface area contributed by atoms with Gasteiger partial charge in [-0.25, -0.2) is 0 Å². The lowest BCUT2D eigenvalue weighted by atomic mass is 10.2. The molecule has 0 aliphatic carbocycles. The minimum Gasteiger partial charge on any atom is -0.355 e. The molecule has 0 aliphatic rings. The third-order valence-corrected chi connectivity index (χ3v) is 4.11. The van der Waals surface area contributed by atoms with Crippen LogP contribution in [0.5, 0.6) is 0 Å². The Morgan fingerprint density at radius 2 is 1.81 bits per heavy atom. The molecular weight excluding hydrogens is 338 g/mol. The summed E-state index contributed by atoms with van der Waals surface area (Å²) in [5.74, 6) is -0.132. The smallest absolute Gasteiger partial charge is 0.272 e. The van der Waals surface area contributed by atoms with Gasteiger partial charge in [-0.2, -0.15) is 5.26 Å². The minimum absolute atomic E-state index is 0.132. The molecule has 2 heterocycles. The maximum atomic E-state index is 12.6. The molecule has 3 aromatic rings. The molecule has 27 heavy (non-hydrogen) atoms. The third-order valence-electron chi connectivity index (χ3n) is 4.11. The van der Waals surface area contributed by atoms with Crippen LogP contribution in [0.2, 0.25) is 0 Å². The first-order chi connectivity index (χ1) is 13.2. The molecule has 1 aromatic carbocycles. The molecule has 0 fully saturated rings. The van der Waals surface area contributed by atoms with Gasteiger partial charge in [-0.3, -0.25) is 14.8 Å². The molecule has 0 atom stereocenters. The van der Waals surface area contributed by atoms with Gasteiger partial charge in [-0.05, 0) is 60.5 Å². The summed E-state index contributed by atoms with van der Waals surface area (Å²) < 4.78 is 0. The Morgan fingerprint density at radius 1 is 1.07 bits per heavy atom. The fourth-order valence-corrected chi connectivity index (χ4v) is 2.56. The van der Waals surface area contributed by atoms with Crippen LogP contribution in [0.1, 0.15) is 21.6 Å². The van der Waals surface area contributed by atoms with Crippen molar-refractivity contribution < 1.29 is 4.79 Å². The molecule has 1 amide bonds. The Hall–Kier alpha value is -3.72. The van der Waals surface area contributed by atoms with Crippen molar-refractivity contribution >= 4 is 17.3 Å². The highest BCUT2D eigenvalue weighted by Crippen LogP contribution is 2.18. The van der Waals surface area contributed by atoms with Crippen molar-refractivity contribution in [1.29, 1.82) is 5.26 Å². The van der Waals surface area contributed by atoms with Crippen molar-refractivity contribution in [3.8, 4) is 6.07 Å². The van der Waals surface area contributed by atoms with Gasteiger partial charge in [-0.15, -0.1) is 0 Å². The van der Waals surface area contributed by atoms with E-state index in [0.29, 0.717) is 17.8 Å². The number of pyridine rings is 2. The maximum absolute atomic E-state index is 12.6. The average Bonchev–Trinajstić information content (AvgIpc) is 2.73. The number of nitriles is 1. The molecular formula is C21H19N5O. The second-order valence-electron chi connectivity index (χ2n) is 6.08. The van der Waals surface area contributed by atoms with E-state index in [2.05, 4.69) is 21.4 Å². The van der Waals surface area contributed by atoms with Crippen LogP contribution in [0.4, 0.5) is 11.4 Å². The lowest BCUT2D eigenvalue weighted by molar-refractivity contribution is 0.0791. The number of rotatable bonds is 6. The fraction of sp³-hybridized carbons (Fsp3) is 0.143. The average molecular weight is 357 g/mol. The summed E-state index contributed by atoms with van der Waals surface area (Å²) in [4.78, 5) is 22.5. The first-order valence-electron chi connectivity index (χ1n) is 8.53. The zero-order chi connectivity index (χ0) is 19.1. The number of aromatic nitrogens is 2. The molecule has 0 saturated carbocycles. The molecule has 3 rings (SSSR count). The van der Waals surface area contributed by atoms with Gasteiger partial charge in [0.25, 0.3) is 5.91 Å². The predicted molar refractivity (Wildman–Crippen MR) is 104 cm³/mol. The molecule has 0 saturated heterocycles. The standard InChI is InChI=1S/C21H19N5O/c1-26(13-9-16-6-10-23-11-7-16)21(27)20-14-19(8-12-24-20)25-18-4-2-17(15-22)3-5-18/h2-8,10-12,14H,9,13H2,1H3,(H,24,25). The number of hydrogen-bond acceptors (Lipinski definition) is 5. The summed E-state index contributed by atoms with van der Waals surface area (Å²) in [6.07, 6.45) is 5.86. The molecule has 0 unspecified atom stereocenters. The number of nitrogens with zero attached hydrogens (tertiary/aromatic N) is 4. The van der Waals surface area contributed by atoms with Gasteiger partial charge < -0.3 is 10.2 Å². The van der Waals surface area contributed by atoms with Crippen molar-refractivity contribution in [3.63, 3.8) is 0 Å². The van der Waals surface area contributed by atoms with Gasteiger partial charge in [0.2, 0.25) is 0 Å². The topological polar surface area (TPSA) is 81.9 Å². The summed E-state index contributed by atoms with van der Waals surface area (Å²) in [5, 5.41) is 12.1. The minimum atomic E-state index is -0.132. The Balaban J connectivity index is 1.64. The summed E-state index contributed by atoms with van der Waals surface area (Å²) in [6.45, 7) is 0.595. The van der Waals surface area contributed by atoms with E-state index in [9.17, 15) is 4.79 Å². The first kappa shape index (κ1) is 18.1. The number of hydrogen-bond donors (Lipinski definition) is 1. The fourth-order valence-electron chi connectivity index (χ4n) is 2.56. The second-order valence-corrected chi connectivity index (χ2v) is 6.08. The van der Waals surface area contributed by atoms with Gasteiger partial charge >= 0.3 is 0 Å². The number of anilines is 2. The predicted octanol–water partition coefficient (Wildman–Crippen LogP) is 3.41. The SMILES string of the molecule is CN(CCc1ccncc1)C(=O)c1cc(Nc2ccc(C#N)cc2)ccn1. The molecule has 0 bridgehead atoms. The highest BCUT2D eigenvalue weighted by molar-refractivity contribution is 5.93. The highest BCUT2D eigenvalue weighted by Gasteiger charge is 2.13. The van der Waals surface area contributed by atoms with E-state index in [4.69, 9.17) is 5.26 Å². The van der Waals surface area contributed by atoms with Crippen molar-refractivity contribution in [2.75, 3.05) is 18.9 Å². The summed E-state index contributed by atoms with van der Waals surface area (Å²) in [7, 11) is 1.77. The zero-order valence-corrected chi connectivity index (χ0v) is 15.0. The van der Waals surface area contributed by atoms with E-state index < -0.39 is 0 Å². The third kappa shape index (κ3) is 4.89. The molecule has 6 heteroatoms. The Bertz CT molecular complexity index is 948. The van der Waals surface area contributed by atoms with Crippen LogP contribution in [0.3, 0.4) is 0 Å². The number of nitrogens with one attached hydrogen (secondary N) is 1. The zero-order valence-electron chi connectivity index (χ0n) is 15.0. The van der Waals surface area contributed by atoms with E-state index in [1.165, 1.54) is 0 Å². The van der Waals surface area contributed by atoms with Crippen molar-refractivity contribution in [2.24, 2.45) is 0 Å². The quantitative estimate of drug-likeness (QED) is 0.731. The van der Waals surface area contributed by atoms with E-state index in [1.807, 2.05) is 24.3 Å². The molecule has 134 valence electrons. The second kappa shape index (κ2) is 8.59. The number of benzene rings is 1. The van der Waals surface area contributed by atoms with Gasteiger partial charge in [-0.1, -0.05) is 0 Å². The lowest BCUT2D eigenvalue weighted by Gasteiger charge is -2.17. The van der Waals surface area contributed by atoms with Crippen molar-refractivity contribution in [1.82, 2.24) is 14.9 Å². The van der Waals surface area contributed by atoms with Gasteiger partial charge in [0, 0.05) is 43.6 Å². The number of carbonyl (C=O) groups excluding carboxylic acids is 1. The Kier molecular flexibility index (Phi) is 5.75. The van der Waals surface area contributed by atoms with Crippen LogP contribution in [0, 0.1) is 11.3 Å². The van der Waals surface area contributed by atoms with Crippen LogP contribution >= 0.6 is 0 Å². The van der Waals surface area contributed by atoms with Crippen LogP contribution in [-0.4, -0.2) is 34.4 Å².